The van der Waals surface area contributed by atoms with Crippen molar-refractivity contribution in [3.8, 4) is 5.69 Å². The summed E-state index contributed by atoms with van der Waals surface area (Å²) < 4.78 is 6.90. The van der Waals surface area contributed by atoms with Crippen molar-refractivity contribution in [1.82, 2.24) is 19.9 Å². The van der Waals surface area contributed by atoms with Gasteiger partial charge in [-0.1, -0.05) is 23.4 Å². The molecule has 1 atom stereocenters. The molecule has 1 aliphatic heterocycles. The number of carbonyl (C=O) groups excluding carboxylic acids is 1. The molecule has 0 spiro atoms. The quantitative estimate of drug-likeness (QED) is 0.480. The van der Waals surface area contributed by atoms with E-state index < -0.39 is 4.92 Å². The second kappa shape index (κ2) is 8.92. The number of anilines is 1. The summed E-state index contributed by atoms with van der Waals surface area (Å²) in [4.78, 5) is 25.5. The van der Waals surface area contributed by atoms with Gasteiger partial charge in [0.25, 0.3) is 11.6 Å². The van der Waals surface area contributed by atoms with E-state index in [2.05, 4.69) is 15.6 Å². The van der Waals surface area contributed by atoms with Gasteiger partial charge < -0.3 is 15.0 Å². The number of nitro benzene ring substituents is 1. The lowest BCUT2D eigenvalue weighted by Gasteiger charge is -2.26. The minimum atomic E-state index is -0.494. The molecule has 1 saturated heterocycles. The Bertz CT molecular complexity index is 1080. The maximum atomic E-state index is 12.7. The van der Waals surface area contributed by atoms with E-state index in [-0.39, 0.29) is 23.2 Å². The first-order valence-corrected chi connectivity index (χ1v) is 9.92. The fraction of sp³-hybridized carbons (Fsp3) is 0.286. The van der Waals surface area contributed by atoms with Crippen molar-refractivity contribution in [3.05, 3.63) is 76.1 Å². The number of ether oxygens (including phenoxy) is 1. The van der Waals surface area contributed by atoms with E-state index in [1.165, 1.54) is 6.07 Å². The van der Waals surface area contributed by atoms with Crippen LogP contribution >= 0.6 is 0 Å². The van der Waals surface area contributed by atoms with Crippen LogP contribution in [0.2, 0.25) is 0 Å². The molecule has 3 aromatic rings. The number of aromatic nitrogens is 3. The monoisotopic (exact) mass is 422 g/mol. The van der Waals surface area contributed by atoms with E-state index in [0.717, 1.165) is 5.69 Å². The van der Waals surface area contributed by atoms with Crippen LogP contribution in [0, 0.1) is 10.1 Å². The Morgan fingerprint density at radius 1 is 1.19 bits per heavy atom. The third-order valence-electron chi connectivity index (χ3n) is 5.09. The van der Waals surface area contributed by atoms with E-state index in [1.54, 1.807) is 27.9 Å². The number of hydrogen-bond acceptors (Lipinski definition) is 7. The molecule has 2 aromatic carbocycles. The van der Waals surface area contributed by atoms with Crippen molar-refractivity contribution in [3.63, 3.8) is 0 Å². The number of amides is 1. The molecule has 2 heterocycles. The summed E-state index contributed by atoms with van der Waals surface area (Å²) in [5.74, 6) is -0.239. The van der Waals surface area contributed by atoms with Crippen molar-refractivity contribution in [2.45, 2.75) is 13.0 Å². The van der Waals surface area contributed by atoms with Gasteiger partial charge in [-0.15, -0.1) is 5.10 Å². The van der Waals surface area contributed by atoms with Crippen LogP contribution in [0.4, 0.5) is 11.4 Å². The van der Waals surface area contributed by atoms with Crippen LogP contribution in [0.1, 0.15) is 29.0 Å². The summed E-state index contributed by atoms with van der Waals surface area (Å²) >= 11 is 0. The highest BCUT2D eigenvalue weighted by Gasteiger charge is 2.24. The lowest BCUT2D eigenvalue weighted by atomic mass is 10.1. The molecule has 1 N–H and O–H groups in total. The first-order chi connectivity index (χ1) is 15.0. The van der Waals surface area contributed by atoms with Gasteiger partial charge in [-0.3, -0.25) is 14.9 Å². The molecule has 0 saturated carbocycles. The van der Waals surface area contributed by atoms with Crippen molar-refractivity contribution in [2.75, 3.05) is 31.6 Å². The fourth-order valence-electron chi connectivity index (χ4n) is 3.38. The molecular weight excluding hydrogens is 400 g/mol. The summed E-state index contributed by atoms with van der Waals surface area (Å²) in [5.41, 5.74) is 1.92. The molecule has 0 aliphatic carbocycles. The fourth-order valence-corrected chi connectivity index (χ4v) is 3.38. The summed E-state index contributed by atoms with van der Waals surface area (Å²) in [5, 5.41) is 23.1. The topological polar surface area (TPSA) is 115 Å². The molecule has 10 heteroatoms. The maximum Gasteiger partial charge on any atom is 0.293 e. The van der Waals surface area contributed by atoms with Gasteiger partial charge in [-0.25, -0.2) is 4.68 Å². The zero-order valence-electron chi connectivity index (χ0n) is 17.0. The van der Waals surface area contributed by atoms with Crippen LogP contribution in [-0.2, 0) is 4.74 Å². The number of nitrogens with one attached hydrogen (secondary N) is 1. The van der Waals surface area contributed by atoms with Gasteiger partial charge in [0.05, 0.1) is 36.1 Å². The second-order valence-corrected chi connectivity index (χ2v) is 7.18. The Labute approximate surface area is 178 Å². The summed E-state index contributed by atoms with van der Waals surface area (Å²) in [6.45, 7) is 3.72. The molecule has 1 aliphatic rings. The number of benzene rings is 2. The number of hydrogen-bond donors (Lipinski definition) is 1. The van der Waals surface area contributed by atoms with E-state index >= 15 is 0 Å². The minimum absolute atomic E-state index is 0.165. The number of morpholine rings is 1. The summed E-state index contributed by atoms with van der Waals surface area (Å²) in [7, 11) is 0. The predicted molar refractivity (Wildman–Crippen MR) is 113 cm³/mol. The van der Waals surface area contributed by atoms with Crippen LogP contribution in [-0.4, -0.2) is 57.0 Å². The zero-order chi connectivity index (χ0) is 21.8. The van der Waals surface area contributed by atoms with Gasteiger partial charge in [0, 0.05) is 24.7 Å². The average molecular weight is 422 g/mol. The van der Waals surface area contributed by atoms with Crippen LogP contribution in [0.15, 0.2) is 54.7 Å². The van der Waals surface area contributed by atoms with Gasteiger partial charge in [0.15, 0.2) is 0 Å². The van der Waals surface area contributed by atoms with E-state index in [1.807, 2.05) is 37.3 Å². The average Bonchev–Trinajstić information content (AvgIpc) is 3.30. The number of para-hydroxylation sites is 1. The number of nitrogens with zero attached hydrogens (tertiary/aromatic N) is 5. The Morgan fingerprint density at radius 3 is 2.65 bits per heavy atom. The van der Waals surface area contributed by atoms with Crippen LogP contribution in [0.25, 0.3) is 5.69 Å². The van der Waals surface area contributed by atoms with Crippen molar-refractivity contribution < 1.29 is 14.5 Å². The Morgan fingerprint density at radius 2 is 1.94 bits per heavy atom. The normalized spacial score (nSPS) is 14.8. The molecule has 0 radical (unpaired) electrons. The Kier molecular flexibility index (Phi) is 5.89. The molecule has 0 bridgehead atoms. The van der Waals surface area contributed by atoms with Gasteiger partial charge >= 0.3 is 0 Å². The van der Waals surface area contributed by atoms with Gasteiger partial charge in [0.1, 0.15) is 11.4 Å². The van der Waals surface area contributed by atoms with Gasteiger partial charge in [-0.05, 0) is 31.2 Å². The lowest BCUT2D eigenvalue weighted by Crippen LogP contribution is -2.40. The molecule has 1 unspecified atom stereocenters. The largest absolute Gasteiger partial charge is 0.378 e. The molecule has 31 heavy (non-hydrogen) atoms. The van der Waals surface area contributed by atoms with E-state index in [9.17, 15) is 14.9 Å². The highest BCUT2D eigenvalue weighted by Crippen LogP contribution is 2.29. The van der Waals surface area contributed by atoms with Crippen LogP contribution in [0.5, 0.6) is 0 Å². The smallest absolute Gasteiger partial charge is 0.293 e. The lowest BCUT2D eigenvalue weighted by molar-refractivity contribution is -0.384. The van der Waals surface area contributed by atoms with Gasteiger partial charge in [0.2, 0.25) is 0 Å². The van der Waals surface area contributed by atoms with Gasteiger partial charge in [-0.2, -0.15) is 0 Å². The predicted octanol–water partition coefficient (Wildman–Crippen LogP) is 2.82. The van der Waals surface area contributed by atoms with Crippen molar-refractivity contribution in [2.24, 2.45) is 0 Å². The zero-order valence-corrected chi connectivity index (χ0v) is 17.0. The van der Waals surface area contributed by atoms with Crippen LogP contribution < -0.4 is 5.32 Å². The highest BCUT2D eigenvalue weighted by molar-refractivity contribution is 5.95. The summed E-state index contributed by atoms with van der Waals surface area (Å²) in [6, 6.07) is 13.7. The SMILES string of the molecule is CC(Nc1ccc(C(=O)N2CCOCC2)cc1[N+](=O)[O-])c1cn(-c2ccccc2)nn1. The highest BCUT2D eigenvalue weighted by atomic mass is 16.6. The van der Waals surface area contributed by atoms with E-state index in [4.69, 9.17) is 4.74 Å². The van der Waals surface area contributed by atoms with Crippen molar-refractivity contribution in [1.29, 1.82) is 0 Å². The third-order valence-corrected chi connectivity index (χ3v) is 5.09. The molecule has 10 nitrogen and oxygen atoms in total. The minimum Gasteiger partial charge on any atom is -0.378 e. The summed E-state index contributed by atoms with van der Waals surface area (Å²) in [6.07, 6.45) is 1.77. The first-order valence-electron chi connectivity index (χ1n) is 9.92. The Hall–Kier alpha value is -3.79. The molecule has 1 amide bonds. The number of carbonyl (C=O) groups is 1. The Balaban J connectivity index is 1.53. The maximum absolute atomic E-state index is 12.7. The third kappa shape index (κ3) is 4.53. The molecule has 1 aromatic heterocycles. The molecule has 4 rings (SSSR count). The number of rotatable bonds is 6. The molecule has 1 fully saturated rings. The number of nitro groups is 1. The van der Waals surface area contributed by atoms with Crippen LogP contribution in [0.3, 0.4) is 0 Å². The standard InChI is InChI=1S/C21H22N6O4/c1-15(19-14-26(24-23-19)17-5-3-2-4-6-17)22-18-8-7-16(13-20(18)27(29)30)21(28)25-9-11-31-12-10-25/h2-8,13-15,22H,9-12H2,1H3. The molecule has 160 valence electrons. The van der Waals surface area contributed by atoms with E-state index in [0.29, 0.717) is 37.7 Å². The second-order valence-electron chi connectivity index (χ2n) is 7.18. The molecular formula is C21H22N6O4. The van der Waals surface area contributed by atoms with Crippen molar-refractivity contribution >= 4 is 17.3 Å². The first kappa shape index (κ1) is 20.5.